The van der Waals surface area contributed by atoms with Gasteiger partial charge in [-0.25, -0.2) is 0 Å². The SMILES string of the molecule is Cl.NCCC(=O)N(C1CC1)C1CCc2ccccc21. The summed E-state index contributed by atoms with van der Waals surface area (Å²) in [4.78, 5) is 14.4. The van der Waals surface area contributed by atoms with E-state index in [9.17, 15) is 4.79 Å². The number of carbonyl (C=O) groups excluding carboxylic acids is 1. The number of nitrogens with two attached hydrogens (primary N) is 1. The lowest BCUT2D eigenvalue weighted by molar-refractivity contribution is -0.134. The molecule has 1 saturated carbocycles. The first kappa shape index (κ1) is 14.4. The minimum absolute atomic E-state index is 0. The predicted octanol–water partition coefficient (Wildman–Crippen LogP) is 2.44. The standard InChI is InChI=1S/C15H20N2O.ClH/c16-10-9-15(18)17(12-6-7-12)14-8-5-11-3-1-2-4-13(11)14;/h1-4,12,14H,5-10,16H2;1H. The number of aryl methyl sites for hydroxylation is 1. The van der Waals surface area contributed by atoms with Crippen LogP contribution in [-0.2, 0) is 11.2 Å². The molecule has 3 rings (SSSR count). The van der Waals surface area contributed by atoms with Crippen molar-refractivity contribution in [2.75, 3.05) is 6.54 Å². The van der Waals surface area contributed by atoms with Gasteiger partial charge < -0.3 is 10.6 Å². The van der Waals surface area contributed by atoms with Crippen LogP contribution in [0.2, 0.25) is 0 Å². The summed E-state index contributed by atoms with van der Waals surface area (Å²) in [7, 11) is 0. The molecule has 104 valence electrons. The third kappa shape index (κ3) is 2.77. The molecule has 0 aromatic heterocycles. The summed E-state index contributed by atoms with van der Waals surface area (Å²) in [5.74, 6) is 0.238. The van der Waals surface area contributed by atoms with Gasteiger partial charge in [0.1, 0.15) is 0 Å². The summed E-state index contributed by atoms with van der Waals surface area (Å²) in [5, 5.41) is 0. The van der Waals surface area contributed by atoms with E-state index >= 15 is 0 Å². The molecule has 4 heteroatoms. The van der Waals surface area contributed by atoms with Gasteiger partial charge in [-0.05, 0) is 36.8 Å². The fourth-order valence-corrected chi connectivity index (χ4v) is 3.06. The largest absolute Gasteiger partial charge is 0.333 e. The Morgan fingerprint density at radius 2 is 2.00 bits per heavy atom. The molecule has 1 fully saturated rings. The number of amides is 1. The quantitative estimate of drug-likeness (QED) is 0.921. The normalized spacial score (nSPS) is 20.6. The van der Waals surface area contributed by atoms with Gasteiger partial charge in [0, 0.05) is 19.0 Å². The second-order valence-electron chi connectivity index (χ2n) is 5.32. The molecule has 0 heterocycles. The number of halogens is 1. The average molecular weight is 281 g/mol. The smallest absolute Gasteiger partial charge is 0.224 e. The topological polar surface area (TPSA) is 46.3 Å². The minimum atomic E-state index is 0. The maximum atomic E-state index is 12.3. The van der Waals surface area contributed by atoms with Crippen molar-refractivity contribution < 1.29 is 4.79 Å². The van der Waals surface area contributed by atoms with E-state index in [4.69, 9.17) is 5.73 Å². The highest BCUT2D eigenvalue weighted by Crippen LogP contribution is 2.41. The van der Waals surface area contributed by atoms with Crippen molar-refractivity contribution in [3.05, 3.63) is 35.4 Å². The molecule has 2 N–H and O–H groups in total. The fourth-order valence-electron chi connectivity index (χ4n) is 3.06. The Balaban J connectivity index is 0.00000133. The van der Waals surface area contributed by atoms with E-state index in [0.717, 1.165) is 25.7 Å². The number of nitrogens with zero attached hydrogens (tertiary/aromatic N) is 1. The molecular formula is C15H21ClN2O. The van der Waals surface area contributed by atoms with Gasteiger partial charge in [0.2, 0.25) is 5.91 Å². The summed E-state index contributed by atoms with van der Waals surface area (Å²) in [5.41, 5.74) is 8.30. The van der Waals surface area contributed by atoms with Crippen molar-refractivity contribution in [2.24, 2.45) is 5.73 Å². The molecule has 0 bridgehead atoms. The van der Waals surface area contributed by atoms with E-state index in [-0.39, 0.29) is 18.3 Å². The van der Waals surface area contributed by atoms with E-state index in [1.165, 1.54) is 11.1 Å². The lowest BCUT2D eigenvalue weighted by Gasteiger charge is -2.30. The fraction of sp³-hybridized carbons (Fsp3) is 0.533. The maximum absolute atomic E-state index is 12.3. The number of rotatable bonds is 4. The summed E-state index contributed by atoms with van der Waals surface area (Å²) < 4.78 is 0. The third-order valence-corrected chi connectivity index (χ3v) is 4.02. The number of hydrogen-bond donors (Lipinski definition) is 1. The Labute approximate surface area is 120 Å². The molecule has 1 aromatic carbocycles. The van der Waals surface area contributed by atoms with Gasteiger partial charge in [-0.2, -0.15) is 0 Å². The van der Waals surface area contributed by atoms with E-state index in [2.05, 4.69) is 29.2 Å². The molecule has 19 heavy (non-hydrogen) atoms. The summed E-state index contributed by atoms with van der Waals surface area (Å²) in [6.07, 6.45) is 4.98. The number of fused-ring (bicyclic) bond motifs is 1. The van der Waals surface area contributed by atoms with Gasteiger partial charge in [0.25, 0.3) is 0 Å². The molecule has 0 spiro atoms. The van der Waals surface area contributed by atoms with Crippen molar-refractivity contribution in [3.63, 3.8) is 0 Å². The highest BCUT2D eigenvalue weighted by molar-refractivity contribution is 5.85. The Hall–Kier alpha value is -1.06. The Morgan fingerprint density at radius 3 is 2.68 bits per heavy atom. The summed E-state index contributed by atoms with van der Waals surface area (Å²) >= 11 is 0. The van der Waals surface area contributed by atoms with E-state index in [1.54, 1.807) is 0 Å². The van der Waals surface area contributed by atoms with Crippen molar-refractivity contribution in [2.45, 2.75) is 44.2 Å². The zero-order valence-corrected chi connectivity index (χ0v) is 11.9. The monoisotopic (exact) mass is 280 g/mol. The maximum Gasteiger partial charge on any atom is 0.224 e. The van der Waals surface area contributed by atoms with E-state index < -0.39 is 0 Å². The van der Waals surface area contributed by atoms with Crippen LogP contribution in [0.4, 0.5) is 0 Å². The number of hydrogen-bond acceptors (Lipinski definition) is 2. The van der Waals surface area contributed by atoms with Gasteiger partial charge in [-0.15, -0.1) is 12.4 Å². The van der Waals surface area contributed by atoms with Crippen molar-refractivity contribution >= 4 is 18.3 Å². The predicted molar refractivity (Wildman–Crippen MR) is 78.3 cm³/mol. The zero-order chi connectivity index (χ0) is 12.5. The number of carbonyl (C=O) groups is 1. The molecule has 0 saturated heterocycles. The molecule has 2 aliphatic carbocycles. The van der Waals surface area contributed by atoms with Crippen LogP contribution in [0.5, 0.6) is 0 Å². The van der Waals surface area contributed by atoms with Crippen LogP contribution in [0.15, 0.2) is 24.3 Å². The Kier molecular flexibility index (Phi) is 4.48. The van der Waals surface area contributed by atoms with Gasteiger partial charge in [0.15, 0.2) is 0 Å². The summed E-state index contributed by atoms with van der Waals surface area (Å²) in [6, 6.07) is 9.30. The highest BCUT2D eigenvalue weighted by atomic mass is 35.5. The van der Waals surface area contributed by atoms with E-state index in [1.807, 2.05) is 0 Å². The first-order valence-electron chi connectivity index (χ1n) is 6.90. The molecule has 2 aliphatic rings. The molecule has 1 amide bonds. The molecular weight excluding hydrogens is 260 g/mol. The first-order chi connectivity index (χ1) is 8.81. The van der Waals surface area contributed by atoms with Crippen molar-refractivity contribution in [3.8, 4) is 0 Å². The first-order valence-corrected chi connectivity index (χ1v) is 6.90. The van der Waals surface area contributed by atoms with Crippen LogP contribution in [0, 0.1) is 0 Å². The molecule has 1 aromatic rings. The van der Waals surface area contributed by atoms with Crippen molar-refractivity contribution in [1.29, 1.82) is 0 Å². The third-order valence-electron chi connectivity index (χ3n) is 4.02. The number of benzene rings is 1. The summed E-state index contributed by atoms with van der Waals surface area (Å²) in [6.45, 7) is 0.455. The molecule has 3 nitrogen and oxygen atoms in total. The highest BCUT2D eigenvalue weighted by Gasteiger charge is 2.39. The van der Waals surface area contributed by atoms with Crippen LogP contribution >= 0.6 is 12.4 Å². The molecule has 0 aliphatic heterocycles. The van der Waals surface area contributed by atoms with Crippen LogP contribution in [0.1, 0.15) is 42.9 Å². The van der Waals surface area contributed by atoms with Crippen LogP contribution < -0.4 is 5.73 Å². The second kappa shape index (κ2) is 5.93. The van der Waals surface area contributed by atoms with Gasteiger partial charge in [0.05, 0.1) is 6.04 Å². The molecule has 0 radical (unpaired) electrons. The average Bonchev–Trinajstić information content (AvgIpc) is 3.11. The second-order valence-corrected chi connectivity index (χ2v) is 5.32. The lowest BCUT2D eigenvalue weighted by atomic mass is 10.1. The molecule has 1 unspecified atom stereocenters. The van der Waals surface area contributed by atoms with Gasteiger partial charge >= 0.3 is 0 Å². The molecule has 1 atom stereocenters. The Bertz CT molecular complexity index is 459. The van der Waals surface area contributed by atoms with Crippen LogP contribution in [-0.4, -0.2) is 23.4 Å². The van der Waals surface area contributed by atoms with E-state index in [0.29, 0.717) is 25.0 Å². The minimum Gasteiger partial charge on any atom is -0.333 e. The van der Waals surface area contributed by atoms with Gasteiger partial charge in [-0.1, -0.05) is 24.3 Å². The lowest BCUT2D eigenvalue weighted by Crippen LogP contribution is -2.36. The van der Waals surface area contributed by atoms with Gasteiger partial charge in [-0.3, -0.25) is 4.79 Å². The van der Waals surface area contributed by atoms with Crippen LogP contribution in [0.25, 0.3) is 0 Å². The zero-order valence-electron chi connectivity index (χ0n) is 11.0. The van der Waals surface area contributed by atoms with Crippen LogP contribution in [0.3, 0.4) is 0 Å². The Morgan fingerprint density at radius 1 is 1.26 bits per heavy atom. The van der Waals surface area contributed by atoms with Crippen molar-refractivity contribution in [1.82, 2.24) is 4.90 Å².